The van der Waals surface area contributed by atoms with E-state index in [9.17, 15) is 9.18 Å². The number of hydrogen-bond donors (Lipinski definition) is 1. The van der Waals surface area contributed by atoms with Crippen molar-refractivity contribution in [3.8, 4) is 17.2 Å². The summed E-state index contributed by atoms with van der Waals surface area (Å²) in [6.07, 6.45) is 2.28. The van der Waals surface area contributed by atoms with Crippen LogP contribution in [0, 0.1) is 17.7 Å². The van der Waals surface area contributed by atoms with Gasteiger partial charge in [0.25, 0.3) is 0 Å². The molecular formula is C23H25FN2O4. The number of nitrogens with zero attached hydrogens (tertiary/aromatic N) is 1. The number of carbonyl (C=O) groups excluding carboxylic acids is 1. The fourth-order valence-electron chi connectivity index (χ4n) is 4.68. The number of carbonyl (C=O) groups is 1. The molecule has 3 heterocycles. The lowest BCUT2D eigenvalue weighted by molar-refractivity contribution is -0.118. The van der Waals surface area contributed by atoms with Gasteiger partial charge in [0.15, 0.2) is 11.5 Å². The van der Waals surface area contributed by atoms with Crippen molar-refractivity contribution in [2.45, 2.75) is 25.8 Å². The molecule has 30 heavy (non-hydrogen) atoms. The largest absolute Gasteiger partial charge is 0.491 e. The molecule has 5 rings (SSSR count). The molecule has 3 aliphatic heterocycles. The van der Waals surface area contributed by atoms with Crippen molar-refractivity contribution >= 4 is 11.6 Å². The molecule has 3 aliphatic rings. The minimum absolute atomic E-state index is 0.0772. The van der Waals surface area contributed by atoms with Crippen LogP contribution in [0.1, 0.15) is 24.8 Å². The zero-order valence-corrected chi connectivity index (χ0v) is 16.7. The Labute approximate surface area is 174 Å². The van der Waals surface area contributed by atoms with Gasteiger partial charge in [-0.1, -0.05) is 6.07 Å². The molecule has 0 spiro atoms. The molecule has 0 aliphatic carbocycles. The number of amides is 1. The van der Waals surface area contributed by atoms with Gasteiger partial charge in [-0.05, 0) is 61.1 Å². The monoisotopic (exact) mass is 412 g/mol. The molecule has 2 atom stereocenters. The first-order chi connectivity index (χ1) is 14.6. The Morgan fingerprint density at radius 1 is 1.00 bits per heavy atom. The maximum Gasteiger partial charge on any atom is 0.231 e. The summed E-state index contributed by atoms with van der Waals surface area (Å²) in [5.74, 6) is 2.35. The van der Waals surface area contributed by atoms with Crippen LogP contribution in [-0.2, 0) is 11.3 Å². The van der Waals surface area contributed by atoms with E-state index in [1.165, 1.54) is 17.7 Å². The van der Waals surface area contributed by atoms with Crippen molar-refractivity contribution in [1.29, 1.82) is 0 Å². The first kappa shape index (κ1) is 19.2. The summed E-state index contributed by atoms with van der Waals surface area (Å²) >= 11 is 0. The van der Waals surface area contributed by atoms with Crippen LogP contribution in [0.4, 0.5) is 10.1 Å². The number of nitrogens with one attached hydrogen (secondary N) is 1. The molecule has 0 saturated carbocycles. The van der Waals surface area contributed by atoms with Crippen molar-refractivity contribution < 1.29 is 23.4 Å². The second-order valence-corrected chi connectivity index (χ2v) is 8.26. The van der Waals surface area contributed by atoms with Gasteiger partial charge in [0, 0.05) is 25.6 Å². The number of rotatable bonds is 2. The minimum Gasteiger partial charge on any atom is -0.491 e. The Hall–Kier alpha value is -2.80. The Bertz CT molecular complexity index is 951. The van der Waals surface area contributed by atoms with E-state index in [1.54, 1.807) is 6.07 Å². The van der Waals surface area contributed by atoms with Gasteiger partial charge in [-0.3, -0.25) is 9.69 Å². The van der Waals surface area contributed by atoms with Gasteiger partial charge < -0.3 is 19.5 Å². The second kappa shape index (κ2) is 8.14. The van der Waals surface area contributed by atoms with Crippen molar-refractivity contribution in [3.63, 3.8) is 0 Å². The Morgan fingerprint density at radius 3 is 2.80 bits per heavy atom. The lowest BCUT2D eigenvalue weighted by atomic mass is 9.81. The SMILES string of the molecule is O=C1C[C@@H]2CCN(Cc3ccc4c(c3)OCO4)C[C@@H]2CCOc2ccc(F)cc2N1. The Balaban J connectivity index is 1.27. The number of halogens is 1. The van der Waals surface area contributed by atoms with Crippen LogP contribution in [0.15, 0.2) is 36.4 Å². The van der Waals surface area contributed by atoms with Crippen LogP contribution in [-0.4, -0.2) is 37.3 Å². The van der Waals surface area contributed by atoms with E-state index < -0.39 is 0 Å². The molecule has 0 bridgehead atoms. The number of anilines is 1. The number of fused-ring (bicyclic) bond motifs is 3. The lowest BCUT2D eigenvalue weighted by Gasteiger charge is -2.39. The zero-order chi connectivity index (χ0) is 20.5. The highest BCUT2D eigenvalue weighted by Crippen LogP contribution is 2.35. The average molecular weight is 412 g/mol. The molecule has 158 valence electrons. The molecule has 1 amide bonds. The van der Waals surface area contributed by atoms with E-state index >= 15 is 0 Å². The quantitative estimate of drug-likeness (QED) is 0.813. The zero-order valence-electron chi connectivity index (χ0n) is 16.7. The minimum atomic E-state index is -0.385. The maximum absolute atomic E-state index is 13.6. The second-order valence-electron chi connectivity index (χ2n) is 8.26. The molecule has 0 aromatic heterocycles. The fraction of sp³-hybridized carbons (Fsp3) is 0.435. The van der Waals surface area contributed by atoms with Crippen molar-refractivity contribution in [2.75, 3.05) is 31.8 Å². The van der Waals surface area contributed by atoms with Crippen LogP contribution in [0.5, 0.6) is 17.2 Å². The average Bonchev–Trinajstić information content (AvgIpc) is 3.19. The van der Waals surface area contributed by atoms with Crippen LogP contribution in [0.25, 0.3) is 0 Å². The molecule has 1 saturated heterocycles. The van der Waals surface area contributed by atoms with Crippen LogP contribution >= 0.6 is 0 Å². The highest BCUT2D eigenvalue weighted by molar-refractivity contribution is 5.92. The molecule has 0 unspecified atom stereocenters. The van der Waals surface area contributed by atoms with E-state index in [0.717, 1.165) is 44.0 Å². The molecule has 6 nitrogen and oxygen atoms in total. The molecule has 1 N–H and O–H groups in total. The first-order valence-electron chi connectivity index (χ1n) is 10.5. The maximum atomic E-state index is 13.6. The standard InChI is InChI=1S/C23H25FN2O4/c24-18-2-4-20-19(11-18)25-23(27)10-16-5-7-26(13-17(16)6-8-28-20)12-15-1-3-21-22(9-15)30-14-29-21/h1-4,9,11,16-17H,5-8,10,12-14H2,(H,25,27)/t16-,17-/m0/s1. The Kier molecular flexibility index (Phi) is 5.21. The topological polar surface area (TPSA) is 60.0 Å². The summed E-state index contributed by atoms with van der Waals surface area (Å²) in [7, 11) is 0. The molecule has 1 fully saturated rings. The van der Waals surface area contributed by atoms with Crippen molar-refractivity contribution in [1.82, 2.24) is 4.90 Å². The molecule has 0 radical (unpaired) electrons. The highest BCUT2D eigenvalue weighted by atomic mass is 19.1. The first-order valence-corrected chi connectivity index (χ1v) is 10.5. The Morgan fingerprint density at radius 2 is 1.87 bits per heavy atom. The summed E-state index contributed by atoms with van der Waals surface area (Å²) in [4.78, 5) is 15.0. The van der Waals surface area contributed by atoms with Crippen LogP contribution in [0.2, 0.25) is 0 Å². The molecule has 2 aromatic rings. The predicted molar refractivity (Wildman–Crippen MR) is 109 cm³/mol. The molecule has 7 heteroatoms. The third-order valence-corrected chi connectivity index (χ3v) is 6.23. The van der Waals surface area contributed by atoms with Crippen LogP contribution < -0.4 is 19.5 Å². The molecule has 2 aromatic carbocycles. The van der Waals surface area contributed by atoms with Crippen LogP contribution in [0.3, 0.4) is 0 Å². The van der Waals surface area contributed by atoms with E-state index in [-0.39, 0.29) is 18.5 Å². The highest BCUT2D eigenvalue weighted by Gasteiger charge is 2.32. The molecular weight excluding hydrogens is 387 g/mol. The number of hydrogen-bond acceptors (Lipinski definition) is 5. The smallest absolute Gasteiger partial charge is 0.231 e. The van der Waals surface area contributed by atoms with Gasteiger partial charge >= 0.3 is 0 Å². The number of ether oxygens (including phenoxy) is 3. The van der Waals surface area contributed by atoms with E-state index in [0.29, 0.717) is 36.3 Å². The van der Waals surface area contributed by atoms with Gasteiger partial charge in [-0.2, -0.15) is 0 Å². The van der Waals surface area contributed by atoms with Gasteiger partial charge in [-0.15, -0.1) is 0 Å². The summed E-state index contributed by atoms with van der Waals surface area (Å²) in [6, 6.07) is 10.4. The number of piperidine rings is 1. The van der Waals surface area contributed by atoms with E-state index in [1.807, 2.05) is 12.1 Å². The summed E-state index contributed by atoms with van der Waals surface area (Å²) in [5.41, 5.74) is 1.61. The van der Waals surface area contributed by atoms with Gasteiger partial charge in [0.2, 0.25) is 12.7 Å². The normalized spacial score (nSPS) is 23.7. The number of likely N-dealkylation sites (tertiary alicyclic amines) is 1. The van der Waals surface area contributed by atoms with E-state index in [2.05, 4.69) is 16.3 Å². The third-order valence-electron chi connectivity index (χ3n) is 6.23. The van der Waals surface area contributed by atoms with Gasteiger partial charge in [0.1, 0.15) is 11.6 Å². The number of benzene rings is 2. The predicted octanol–water partition coefficient (Wildman–Crippen LogP) is 3.80. The van der Waals surface area contributed by atoms with Gasteiger partial charge in [0.05, 0.1) is 12.3 Å². The fourth-order valence-corrected chi connectivity index (χ4v) is 4.68. The summed E-state index contributed by atoms with van der Waals surface area (Å²) in [6.45, 7) is 3.54. The van der Waals surface area contributed by atoms with Crippen molar-refractivity contribution in [2.24, 2.45) is 11.8 Å². The van der Waals surface area contributed by atoms with Gasteiger partial charge in [-0.25, -0.2) is 4.39 Å². The summed E-state index contributed by atoms with van der Waals surface area (Å²) < 4.78 is 30.4. The third kappa shape index (κ3) is 4.07. The van der Waals surface area contributed by atoms with Crippen molar-refractivity contribution in [3.05, 3.63) is 47.8 Å². The lowest BCUT2D eigenvalue weighted by Crippen LogP contribution is -2.42. The van der Waals surface area contributed by atoms with E-state index in [4.69, 9.17) is 14.2 Å². The summed E-state index contributed by atoms with van der Waals surface area (Å²) in [5, 5.41) is 2.84.